The van der Waals surface area contributed by atoms with Crippen molar-refractivity contribution in [2.75, 3.05) is 31.1 Å². The van der Waals surface area contributed by atoms with Gasteiger partial charge < -0.3 is 14.2 Å². The summed E-state index contributed by atoms with van der Waals surface area (Å²) < 4.78 is 5.24. The Kier molecular flexibility index (Phi) is 4.51. The largest absolute Gasteiger partial charge is 0.459 e. The first-order valence-electron chi connectivity index (χ1n) is 9.06. The van der Waals surface area contributed by atoms with Crippen molar-refractivity contribution < 1.29 is 9.21 Å². The van der Waals surface area contributed by atoms with Gasteiger partial charge >= 0.3 is 0 Å². The highest BCUT2D eigenvalue weighted by molar-refractivity contribution is 5.91. The minimum Gasteiger partial charge on any atom is -0.459 e. The molecule has 3 heterocycles. The number of fused-ring (bicyclic) bond motifs is 1. The maximum absolute atomic E-state index is 12.6. The van der Waals surface area contributed by atoms with E-state index >= 15 is 0 Å². The molecule has 1 saturated heterocycles. The summed E-state index contributed by atoms with van der Waals surface area (Å²) in [6.07, 6.45) is 2.32. The van der Waals surface area contributed by atoms with E-state index < -0.39 is 0 Å². The van der Waals surface area contributed by atoms with Crippen LogP contribution in [0.3, 0.4) is 0 Å². The monoisotopic (exact) mass is 360 g/mol. The van der Waals surface area contributed by atoms with Gasteiger partial charge in [-0.1, -0.05) is 18.2 Å². The number of aromatic nitrogens is 1. The summed E-state index contributed by atoms with van der Waals surface area (Å²) in [4.78, 5) is 21.3. The summed E-state index contributed by atoms with van der Waals surface area (Å²) in [5, 5.41) is 10.7. The number of rotatable bonds is 2. The third kappa shape index (κ3) is 3.13. The van der Waals surface area contributed by atoms with E-state index in [4.69, 9.17) is 9.40 Å². The number of furan rings is 1. The lowest BCUT2D eigenvalue weighted by Crippen LogP contribution is -2.35. The smallest absolute Gasteiger partial charge is 0.289 e. The van der Waals surface area contributed by atoms with Gasteiger partial charge in [-0.05, 0) is 37.1 Å². The number of carbonyl (C=O) groups excluding carboxylic acids is 1. The van der Waals surface area contributed by atoms with Crippen molar-refractivity contribution in [3.8, 4) is 6.07 Å². The Bertz CT molecular complexity index is 1020. The number of benzene rings is 1. The Morgan fingerprint density at radius 1 is 1.15 bits per heavy atom. The summed E-state index contributed by atoms with van der Waals surface area (Å²) in [6, 6.07) is 13.6. The Morgan fingerprint density at radius 3 is 2.78 bits per heavy atom. The molecule has 27 heavy (non-hydrogen) atoms. The molecule has 0 aliphatic carbocycles. The van der Waals surface area contributed by atoms with Gasteiger partial charge in [0.2, 0.25) is 0 Å². The highest BCUT2D eigenvalue weighted by Gasteiger charge is 2.24. The van der Waals surface area contributed by atoms with E-state index in [1.165, 1.54) is 6.26 Å². The Balaban J connectivity index is 1.63. The van der Waals surface area contributed by atoms with E-state index in [0.717, 1.165) is 29.4 Å². The molecule has 0 bridgehead atoms. The number of anilines is 1. The Morgan fingerprint density at radius 2 is 2.00 bits per heavy atom. The molecular formula is C21H20N4O2. The first-order valence-corrected chi connectivity index (χ1v) is 9.06. The zero-order chi connectivity index (χ0) is 18.8. The molecule has 0 N–H and O–H groups in total. The zero-order valence-electron chi connectivity index (χ0n) is 15.2. The van der Waals surface area contributed by atoms with Crippen molar-refractivity contribution >= 4 is 22.6 Å². The van der Waals surface area contributed by atoms with Crippen LogP contribution in [0, 0.1) is 18.3 Å². The van der Waals surface area contributed by atoms with Crippen LogP contribution in [0.25, 0.3) is 10.9 Å². The van der Waals surface area contributed by atoms with Gasteiger partial charge in [0.1, 0.15) is 11.9 Å². The summed E-state index contributed by atoms with van der Waals surface area (Å²) in [6.45, 7) is 4.58. The van der Waals surface area contributed by atoms with E-state index in [0.29, 0.717) is 36.8 Å². The van der Waals surface area contributed by atoms with Crippen molar-refractivity contribution in [1.29, 1.82) is 5.26 Å². The number of hydrogen-bond acceptors (Lipinski definition) is 5. The average Bonchev–Trinajstić information content (AvgIpc) is 3.12. The van der Waals surface area contributed by atoms with Gasteiger partial charge in [-0.15, -0.1) is 0 Å². The van der Waals surface area contributed by atoms with Gasteiger partial charge in [-0.3, -0.25) is 4.79 Å². The second-order valence-corrected chi connectivity index (χ2v) is 6.67. The van der Waals surface area contributed by atoms with Gasteiger partial charge in [-0.2, -0.15) is 5.26 Å². The summed E-state index contributed by atoms with van der Waals surface area (Å²) in [5.74, 6) is 0.979. The van der Waals surface area contributed by atoms with Crippen molar-refractivity contribution in [3.63, 3.8) is 0 Å². The lowest BCUT2D eigenvalue weighted by molar-refractivity contribution is 0.0735. The molecule has 3 aromatic rings. The summed E-state index contributed by atoms with van der Waals surface area (Å²) >= 11 is 0. The quantitative estimate of drug-likeness (QED) is 0.701. The molecule has 1 aliphatic rings. The number of aryl methyl sites for hydroxylation is 1. The molecular weight excluding hydrogens is 340 g/mol. The van der Waals surface area contributed by atoms with Crippen LogP contribution in [0.2, 0.25) is 0 Å². The molecule has 0 spiro atoms. The van der Waals surface area contributed by atoms with Crippen molar-refractivity contribution in [3.05, 3.63) is 59.5 Å². The van der Waals surface area contributed by atoms with Crippen LogP contribution in [-0.2, 0) is 0 Å². The molecule has 6 nitrogen and oxygen atoms in total. The molecule has 0 unspecified atom stereocenters. The van der Waals surface area contributed by atoms with Crippen LogP contribution in [0.1, 0.15) is 28.1 Å². The molecule has 1 aliphatic heterocycles. The summed E-state index contributed by atoms with van der Waals surface area (Å²) in [5.41, 5.74) is 2.45. The minimum atomic E-state index is -0.0926. The van der Waals surface area contributed by atoms with Gasteiger partial charge in [-0.25, -0.2) is 4.98 Å². The van der Waals surface area contributed by atoms with Crippen LogP contribution in [-0.4, -0.2) is 42.0 Å². The first-order chi connectivity index (χ1) is 13.2. The molecule has 0 saturated carbocycles. The number of hydrogen-bond donors (Lipinski definition) is 0. The maximum Gasteiger partial charge on any atom is 0.289 e. The van der Waals surface area contributed by atoms with Crippen molar-refractivity contribution in [2.45, 2.75) is 13.3 Å². The van der Waals surface area contributed by atoms with Gasteiger partial charge in [0.15, 0.2) is 5.76 Å². The average molecular weight is 360 g/mol. The molecule has 136 valence electrons. The highest BCUT2D eigenvalue weighted by Crippen LogP contribution is 2.28. The second kappa shape index (κ2) is 7.12. The number of carbonyl (C=O) groups is 1. The Hall–Kier alpha value is -3.33. The zero-order valence-corrected chi connectivity index (χ0v) is 15.2. The van der Waals surface area contributed by atoms with Crippen LogP contribution < -0.4 is 4.90 Å². The number of pyridine rings is 1. The van der Waals surface area contributed by atoms with Gasteiger partial charge in [0.05, 0.1) is 17.3 Å². The molecule has 1 amide bonds. The maximum atomic E-state index is 12.6. The second-order valence-electron chi connectivity index (χ2n) is 6.67. The Labute approximate surface area is 157 Å². The lowest BCUT2D eigenvalue weighted by Gasteiger charge is -2.24. The third-order valence-electron chi connectivity index (χ3n) is 5.06. The number of nitriles is 1. The fraction of sp³-hybridized carbons (Fsp3) is 0.286. The lowest BCUT2D eigenvalue weighted by atomic mass is 10.0. The van der Waals surface area contributed by atoms with Crippen LogP contribution in [0.4, 0.5) is 5.82 Å². The highest BCUT2D eigenvalue weighted by atomic mass is 16.3. The first kappa shape index (κ1) is 17.1. The van der Waals surface area contributed by atoms with Crippen LogP contribution in [0.15, 0.2) is 47.1 Å². The normalized spacial score (nSPS) is 14.8. The van der Waals surface area contributed by atoms with Gasteiger partial charge in [0, 0.05) is 31.6 Å². The topological polar surface area (TPSA) is 73.4 Å². The molecule has 4 rings (SSSR count). The van der Waals surface area contributed by atoms with E-state index in [9.17, 15) is 10.1 Å². The van der Waals surface area contributed by atoms with E-state index in [2.05, 4.69) is 11.0 Å². The predicted molar refractivity (Wildman–Crippen MR) is 103 cm³/mol. The fourth-order valence-electron chi connectivity index (χ4n) is 3.61. The van der Waals surface area contributed by atoms with E-state index in [-0.39, 0.29) is 5.91 Å². The SMILES string of the molecule is Cc1c(C#N)c(N2CCCN(C(=O)c3ccco3)CC2)nc2ccccc12. The minimum absolute atomic E-state index is 0.0926. The van der Waals surface area contributed by atoms with Gasteiger partial charge in [0.25, 0.3) is 5.91 Å². The van der Waals surface area contributed by atoms with Crippen LogP contribution >= 0.6 is 0 Å². The molecule has 6 heteroatoms. The van der Waals surface area contributed by atoms with Crippen LogP contribution in [0.5, 0.6) is 0 Å². The third-order valence-corrected chi connectivity index (χ3v) is 5.06. The molecule has 2 aromatic heterocycles. The molecule has 1 fully saturated rings. The predicted octanol–water partition coefficient (Wildman–Crippen LogP) is 3.36. The standard InChI is InChI=1S/C21H20N4O2/c1-15-16-6-2-3-7-18(16)23-20(17(15)14-22)24-9-5-10-25(12-11-24)21(26)19-8-4-13-27-19/h2-4,6-8,13H,5,9-12H2,1H3. The van der Waals surface area contributed by atoms with E-state index in [1.807, 2.05) is 31.2 Å². The molecule has 0 radical (unpaired) electrons. The molecule has 0 atom stereocenters. The van der Waals surface area contributed by atoms with Crippen molar-refractivity contribution in [1.82, 2.24) is 9.88 Å². The number of nitrogens with zero attached hydrogens (tertiary/aromatic N) is 4. The molecule has 1 aromatic carbocycles. The van der Waals surface area contributed by atoms with Crippen molar-refractivity contribution in [2.24, 2.45) is 0 Å². The summed E-state index contributed by atoms with van der Waals surface area (Å²) in [7, 11) is 0. The number of para-hydroxylation sites is 1. The fourth-order valence-corrected chi connectivity index (χ4v) is 3.61. The number of amides is 1. The van der Waals surface area contributed by atoms with E-state index in [1.54, 1.807) is 17.0 Å².